The number of rotatable bonds is 5. The highest BCUT2D eigenvalue weighted by Gasteiger charge is 2.10. The number of nitrogens with zero attached hydrogens (tertiary/aromatic N) is 2. The minimum atomic E-state index is -0.468. The van der Waals surface area contributed by atoms with E-state index in [1.54, 1.807) is 16.0 Å². The molecule has 2 aromatic heterocycles. The maximum atomic E-state index is 13.0. The van der Waals surface area contributed by atoms with Crippen molar-refractivity contribution in [1.29, 1.82) is 0 Å². The van der Waals surface area contributed by atoms with Gasteiger partial charge in [0.25, 0.3) is 5.91 Å². The Balaban J connectivity index is 1.56. The molecule has 0 saturated carbocycles. The Morgan fingerprint density at radius 1 is 1.35 bits per heavy atom. The van der Waals surface area contributed by atoms with Crippen LogP contribution in [0.5, 0.6) is 0 Å². The summed E-state index contributed by atoms with van der Waals surface area (Å²) in [6, 6.07) is 7.64. The summed E-state index contributed by atoms with van der Waals surface area (Å²) in [7, 11) is 0. The van der Waals surface area contributed by atoms with Gasteiger partial charge in [0.05, 0.1) is 22.8 Å². The molecular formula is C16H13ClFN3OS. The molecule has 0 saturated heterocycles. The number of amides is 1. The summed E-state index contributed by atoms with van der Waals surface area (Å²) in [5.74, 6) is -0.802. The van der Waals surface area contributed by atoms with Crippen LogP contribution < -0.4 is 5.32 Å². The van der Waals surface area contributed by atoms with Gasteiger partial charge in [-0.05, 0) is 35.7 Å². The first-order chi connectivity index (χ1) is 11.1. The SMILES string of the molecule is O=C(NCCn1ccc(-c2ccsc2)n1)c1ccc(F)cc1Cl. The molecule has 0 atom stereocenters. The first-order valence-corrected chi connectivity index (χ1v) is 8.25. The maximum Gasteiger partial charge on any atom is 0.252 e. The summed E-state index contributed by atoms with van der Waals surface area (Å²) >= 11 is 7.48. The molecule has 23 heavy (non-hydrogen) atoms. The van der Waals surface area contributed by atoms with E-state index in [4.69, 9.17) is 11.6 Å². The summed E-state index contributed by atoms with van der Waals surface area (Å²) in [4.78, 5) is 12.0. The van der Waals surface area contributed by atoms with Crippen LogP contribution in [0.4, 0.5) is 4.39 Å². The molecule has 0 unspecified atom stereocenters. The zero-order valence-electron chi connectivity index (χ0n) is 12.0. The van der Waals surface area contributed by atoms with Crippen molar-refractivity contribution < 1.29 is 9.18 Å². The Morgan fingerprint density at radius 2 is 2.22 bits per heavy atom. The van der Waals surface area contributed by atoms with Gasteiger partial charge in [-0.3, -0.25) is 9.48 Å². The quantitative estimate of drug-likeness (QED) is 0.760. The molecule has 118 valence electrons. The monoisotopic (exact) mass is 349 g/mol. The molecule has 0 radical (unpaired) electrons. The van der Waals surface area contributed by atoms with E-state index in [1.807, 2.05) is 29.1 Å². The van der Waals surface area contributed by atoms with Crippen molar-refractivity contribution in [1.82, 2.24) is 15.1 Å². The van der Waals surface area contributed by atoms with E-state index in [0.717, 1.165) is 17.3 Å². The number of carbonyl (C=O) groups is 1. The second-order valence-electron chi connectivity index (χ2n) is 4.86. The first kappa shape index (κ1) is 15.7. The minimum absolute atomic E-state index is 0.0985. The number of hydrogen-bond donors (Lipinski definition) is 1. The molecule has 0 aliphatic rings. The molecule has 2 heterocycles. The average molecular weight is 350 g/mol. The molecule has 4 nitrogen and oxygen atoms in total. The van der Waals surface area contributed by atoms with Gasteiger partial charge in [-0.25, -0.2) is 4.39 Å². The lowest BCUT2D eigenvalue weighted by atomic mass is 10.2. The smallest absolute Gasteiger partial charge is 0.252 e. The van der Waals surface area contributed by atoms with Crippen molar-refractivity contribution in [2.45, 2.75) is 6.54 Å². The van der Waals surface area contributed by atoms with Gasteiger partial charge in [-0.2, -0.15) is 16.4 Å². The fraction of sp³-hybridized carbons (Fsp3) is 0.125. The second kappa shape index (κ2) is 6.93. The summed E-state index contributed by atoms with van der Waals surface area (Å²) in [5, 5.41) is 11.3. The standard InChI is InChI=1S/C16H13ClFN3OS/c17-14-9-12(18)1-2-13(14)16(22)19-5-7-21-6-3-15(20-21)11-4-8-23-10-11/h1-4,6,8-10H,5,7H2,(H,19,22). The zero-order chi connectivity index (χ0) is 16.2. The zero-order valence-corrected chi connectivity index (χ0v) is 13.6. The summed E-state index contributed by atoms with van der Waals surface area (Å²) in [6.45, 7) is 0.936. The van der Waals surface area contributed by atoms with Crippen molar-refractivity contribution in [3.05, 3.63) is 63.7 Å². The number of halogens is 2. The molecule has 0 aliphatic heterocycles. The van der Waals surface area contributed by atoms with Gasteiger partial charge in [0.15, 0.2) is 0 Å². The van der Waals surface area contributed by atoms with Crippen LogP contribution in [-0.2, 0) is 6.54 Å². The Hall–Kier alpha value is -2.18. The Labute approximate surface area is 141 Å². The molecule has 3 aromatic rings. The maximum absolute atomic E-state index is 13.0. The predicted molar refractivity (Wildman–Crippen MR) is 89.3 cm³/mol. The van der Waals surface area contributed by atoms with Gasteiger partial charge in [0, 0.05) is 23.7 Å². The van der Waals surface area contributed by atoms with Crippen LogP contribution in [0.2, 0.25) is 5.02 Å². The fourth-order valence-electron chi connectivity index (χ4n) is 2.10. The van der Waals surface area contributed by atoms with Crippen LogP contribution in [-0.4, -0.2) is 22.2 Å². The van der Waals surface area contributed by atoms with Crippen molar-refractivity contribution in [3.63, 3.8) is 0 Å². The van der Waals surface area contributed by atoms with Crippen molar-refractivity contribution in [2.24, 2.45) is 0 Å². The number of carbonyl (C=O) groups excluding carboxylic acids is 1. The lowest BCUT2D eigenvalue weighted by Gasteiger charge is -2.07. The Kier molecular flexibility index (Phi) is 4.73. The van der Waals surface area contributed by atoms with Crippen LogP contribution in [0, 0.1) is 5.82 Å². The second-order valence-corrected chi connectivity index (χ2v) is 6.04. The molecule has 1 aromatic carbocycles. The summed E-state index contributed by atoms with van der Waals surface area (Å²) < 4.78 is 14.7. The lowest BCUT2D eigenvalue weighted by molar-refractivity contribution is 0.0952. The first-order valence-electron chi connectivity index (χ1n) is 6.93. The van der Waals surface area contributed by atoms with Crippen LogP contribution in [0.15, 0.2) is 47.3 Å². The van der Waals surface area contributed by atoms with Crippen LogP contribution in [0.1, 0.15) is 10.4 Å². The molecule has 0 spiro atoms. The molecule has 0 bridgehead atoms. The third-order valence-electron chi connectivity index (χ3n) is 3.26. The molecule has 1 amide bonds. The van der Waals surface area contributed by atoms with E-state index >= 15 is 0 Å². The van der Waals surface area contributed by atoms with Gasteiger partial charge in [-0.1, -0.05) is 11.6 Å². The number of thiophene rings is 1. The van der Waals surface area contributed by atoms with Crippen molar-refractivity contribution in [2.75, 3.05) is 6.54 Å². The van der Waals surface area contributed by atoms with Gasteiger partial charge < -0.3 is 5.32 Å². The van der Waals surface area contributed by atoms with Crippen LogP contribution in [0.25, 0.3) is 11.3 Å². The van der Waals surface area contributed by atoms with Gasteiger partial charge >= 0.3 is 0 Å². The largest absolute Gasteiger partial charge is 0.350 e. The Bertz CT molecular complexity index is 817. The molecule has 0 aliphatic carbocycles. The van der Waals surface area contributed by atoms with E-state index in [9.17, 15) is 9.18 Å². The highest BCUT2D eigenvalue weighted by molar-refractivity contribution is 7.08. The van der Waals surface area contributed by atoms with E-state index in [0.29, 0.717) is 13.1 Å². The molecule has 3 rings (SSSR count). The van der Waals surface area contributed by atoms with Gasteiger partial charge in [-0.15, -0.1) is 0 Å². The van der Waals surface area contributed by atoms with Gasteiger partial charge in [0.2, 0.25) is 0 Å². The van der Waals surface area contributed by atoms with E-state index < -0.39 is 5.82 Å². The lowest BCUT2D eigenvalue weighted by Crippen LogP contribution is -2.27. The predicted octanol–water partition coefficient (Wildman–Crippen LogP) is 3.83. The number of hydrogen-bond acceptors (Lipinski definition) is 3. The van der Waals surface area contributed by atoms with E-state index in [2.05, 4.69) is 10.4 Å². The molecule has 1 N–H and O–H groups in total. The number of benzene rings is 1. The Morgan fingerprint density at radius 3 is 2.96 bits per heavy atom. The fourth-order valence-corrected chi connectivity index (χ4v) is 3.01. The van der Waals surface area contributed by atoms with Crippen LogP contribution >= 0.6 is 22.9 Å². The topological polar surface area (TPSA) is 46.9 Å². The van der Waals surface area contributed by atoms with Crippen molar-refractivity contribution in [3.8, 4) is 11.3 Å². The molecule has 7 heteroatoms. The van der Waals surface area contributed by atoms with E-state index in [-0.39, 0.29) is 16.5 Å². The summed E-state index contributed by atoms with van der Waals surface area (Å²) in [5.41, 5.74) is 2.24. The molecule has 0 fully saturated rings. The third-order valence-corrected chi connectivity index (χ3v) is 4.26. The van der Waals surface area contributed by atoms with Gasteiger partial charge in [0.1, 0.15) is 5.82 Å². The van der Waals surface area contributed by atoms with Crippen molar-refractivity contribution >= 4 is 28.8 Å². The normalized spacial score (nSPS) is 10.7. The number of nitrogens with one attached hydrogen (secondary N) is 1. The minimum Gasteiger partial charge on any atom is -0.350 e. The third kappa shape index (κ3) is 3.78. The van der Waals surface area contributed by atoms with Crippen LogP contribution in [0.3, 0.4) is 0 Å². The van der Waals surface area contributed by atoms with E-state index in [1.165, 1.54) is 12.1 Å². The average Bonchev–Trinajstić information content (AvgIpc) is 3.18. The highest BCUT2D eigenvalue weighted by Crippen LogP contribution is 2.19. The number of aromatic nitrogens is 2. The summed E-state index contributed by atoms with van der Waals surface area (Å²) in [6.07, 6.45) is 1.87. The highest BCUT2D eigenvalue weighted by atomic mass is 35.5. The molecular weight excluding hydrogens is 337 g/mol.